The molecule has 2 N–H and O–H groups in total. The molecule has 1 radical (unpaired) electrons. The van der Waals surface area contributed by atoms with Gasteiger partial charge in [0.05, 0.1) is 23.3 Å². The second-order valence-electron chi connectivity index (χ2n) is 9.67. The summed E-state index contributed by atoms with van der Waals surface area (Å²) < 4.78 is 0. The number of rotatable bonds is 0. The van der Waals surface area contributed by atoms with Gasteiger partial charge in [0.15, 0.2) is 0 Å². The Balaban J connectivity index is 0.00000110. The van der Waals surface area contributed by atoms with E-state index >= 15 is 0 Å². The average molecular weight is 601 g/mol. The Morgan fingerprint density at radius 2 is 0.558 bits per heavy atom. The van der Waals surface area contributed by atoms with Gasteiger partial charge in [-0.25, -0.2) is 9.97 Å². The van der Waals surface area contributed by atoms with Crippen LogP contribution < -0.4 is 9.97 Å². The van der Waals surface area contributed by atoms with Crippen LogP contribution in [0.3, 0.4) is 0 Å². The van der Waals surface area contributed by atoms with Gasteiger partial charge < -0.3 is 40.9 Å². The van der Waals surface area contributed by atoms with E-state index in [9.17, 15) is 0 Å². The van der Waals surface area contributed by atoms with E-state index in [1.54, 1.807) is 0 Å². The molecule has 0 saturated carbocycles. The van der Waals surface area contributed by atoms with Crippen LogP contribution in [-0.2, 0) is 17.1 Å². The van der Waals surface area contributed by atoms with Crippen molar-refractivity contribution in [3.63, 3.8) is 0 Å². The summed E-state index contributed by atoms with van der Waals surface area (Å²) in [5, 5.41) is 3.57. The van der Waals surface area contributed by atoms with Gasteiger partial charge in [-0.1, -0.05) is 97.1 Å². The molecule has 0 atom stereocenters. The van der Waals surface area contributed by atoms with Crippen molar-refractivity contribution in [3.05, 3.63) is 97.1 Å². The molecule has 0 unspecified atom stereocenters. The first kappa shape index (κ1) is 27.8. The van der Waals surface area contributed by atoms with Crippen LogP contribution in [0.25, 0.3) is 89.7 Å². The van der Waals surface area contributed by atoms with Crippen molar-refractivity contribution in [1.29, 1.82) is 0 Å². The second kappa shape index (κ2) is 10.5. The van der Waals surface area contributed by atoms with Gasteiger partial charge >= 0.3 is 17.1 Å². The van der Waals surface area contributed by atoms with Crippen LogP contribution in [0.2, 0.25) is 0 Å². The van der Waals surface area contributed by atoms with Gasteiger partial charge in [0.25, 0.3) is 0 Å². The Morgan fingerprint density at radius 1 is 0.326 bits per heavy atom. The fourth-order valence-electron chi connectivity index (χ4n) is 5.46. The van der Waals surface area contributed by atoms with Crippen molar-refractivity contribution in [3.8, 4) is 45.6 Å². The van der Waals surface area contributed by atoms with E-state index in [1.807, 2.05) is 97.1 Å². The van der Waals surface area contributed by atoms with Gasteiger partial charge in [0.1, 0.15) is 0 Å². The number of nitrogens with zero attached hydrogens (tertiary/aromatic N) is 8. The number of fused-ring (bicyclic) bond motifs is 20. The topological polar surface area (TPSA) is 166 Å². The predicted molar refractivity (Wildman–Crippen MR) is 158 cm³/mol. The molecule has 2 aliphatic rings. The number of hydrogen-bond acceptors (Lipinski definition) is 8. The van der Waals surface area contributed by atoms with E-state index in [2.05, 4.69) is 0 Å². The number of benzene rings is 4. The summed E-state index contributed by atoms with van der Waals surface area (Å²) in [5.41, 5.74) is 5.78. The first-order valence-corrected chi connectivity index (χ1v) is 12.9. The molecule has 2 aliphatic heterocycles. The molecular weight excluding hydrogens is 583 g/mol. The summed E-state index contributed by atoms with van der Waals surface area (Å²) in [6, 6.07) is 31.8. The molecular formula is C32H18MnN8O2-2. The van der Waals surface area contributed by atoms with Crippen LogP contribution in [0.4, 0.5) is 0 Å². The standard InChI is InChI=1S/C32H16N8.Mn.2H2O/c1-2-10-18-17(9-1)25-33-26(18)38-28-21-13-5-6-14-22(21)30(35-28)40-32-24-16-8-7-15-23(24)31(36-32)39-29-20-12-4-3-11-19(20)27(34-29)37-25;;;/h1-16H;;2*1H2/q-2;+2;;/p-2. The van der Waals surface area contributed by atoms with Crippen LogP contribution >= 0.6 is 0 Å². The van der Waals surface area contributed by atoms with Gasteiger partial charge in [-0.05, 0) is 21.5 Å². The molecule has 0 spiro atoms. The molecule has 0 saturated heterocycles. The summed E-state index contributed by atoms with van der Waals surface area (Å²) in [7, 11) is 0. The van der Waals surface area contributed by atoms with Crippen molar-refractivity contribution in [1.82, 2.24) is 39.9 Å². The zero-order valence-electron chi connectivity index (χ0n) is 22.1. The third-order valence-electron chi connectivity index (χ3n) is 7.33. The quantitative estimate of drug-likeness (QED) is 0.195. The van der Waals surface area contributed by atoms with Crippen molar-refractivity contribution >= 4 is 44.1 Å². The van der Waals surface area contributed by atoms with E-state index in [0.29, 0.717) is 45.9 Å². The molecule has 7 aromatic rings. The molecule has 0 amide bonds. The molecule has 3 aromatic heterocycles. The zero-order chi connectivity index (χ0) is 26.2. The monoisotopic (exact) mass is 601 g/mol. The minimum Gasteiger partial charge on any atom is -0.870 e. The van der Waals surface area contributed by atoms with Crippen LogP contribution in [-0.4, -0.2) is 40.9 Å². The van der Waals surface area contributed by atoms with Crippen molar-refractivity contribution in [2.24, 2.45) is 0 Å². The van der Waals surface area contributed by atoms with Gasteiger partial charge in [0.2, 0.25) is 0 Å². The van der Waals surface area contributed by atoms with Crippen molar-refractivity contribution in [2.75, 3.05) is 0 Å². The Bertz CT molecular complexity index is 2050. The predicted octanol–water partition coefficient (Wildman–Crippen LogP) is 5.77. The molecule has 11 heteroatoms. The van der Waals surface area contributed by atoms with Crippen LogP contribution in [0.15, 0.2) is 97.1 Å². The molecule has 10 nitrogen and oxygen atoms in total. The van der Waals surface area contributed by atoms with Crippen molar-refractivity contribution in [2.45, 2.75) is 0 Å². The fourth-order valence-corrected chi connectivity index (χ4v) is 5.46. The smallest absolute Gasteiger partial charge is 0.870 e. The number of aromatic nitrogens is 8. The molecule has 4 aromatic carbocycles. The normalized spacial score (nSPS) is 11.2. The Hall–Kier alpha value is -5.32. The summed E-state index contributed by atoms with van der Waals surface area (Å²) >= 11 is 0. The third kappa shape index (κ3) is 4.18. The summed E-state index contributed by atoms with van der Waals surface area (Å²) in [4.78, 5) is 39.3. The Kier molecular flexibility index (Phi) is 6.80. The van der Waals surface area contributed by atoms with E-state index in [4.69, 9.17) is 39.9 Å². The molecule has 8 bridgehead atoms. The Morgan fingerprint density at radius 3 is 0.814 bits per heavy atom. The zero-order valence-corrected chi connectivity index (χ0v) is 23.3. The van der Waals surface area contributed by atoms with Gasteiger partial charge in [0, 0.05) is 44.8 Å². The van der Waals surface area contributed by atoms with Crippen molar-refractivity contribution < 1.29 is 28.0 Å². The number of hydrogen-bond donors (Lipinski definition) is 0. The van der Waals surface area contributed by atoms with Crippen LogP contribution in [0, 0.1) is 0 Å². The minimum atomic E-state index is 0. The van der Waals surface area contributed by atoms with E-state index in [1.165, 1.54) is 0 Å². The third-order valence-corrected chi connectivity index (χ3v) is 7.33. The maximum absolute atomic E-state index is 4.95. The molecule has 9 rings (SSSR count). The SMILES string of the molecule is [Mn+2].[OH-].[OH-].c1ccc2c(c1)-c1nc-2nc2[n-]c(nc3nc(nc4[n-]c(n1)c1ccccc41)-c1ccccc1-3)c1ccccc21. The van der Waals surface area contributed by atoms with E-state index < -0.39 is 0 Å². The van der Waals surface area contributed by atoms with E-state index in [0.717, 1.165) is 43.8 Å². The van der Waals surface area contributed by atoms with E-state index in [-0.39, 0.29) is 28.0 Å². The maximum Gasteiger partial charge on any atom is 2.00 e. The van der Waals surface area contributed by atoms with Gasteiger partial charge in [-0.15, -0.1) is 0 Å². The first-order chi connectivity index (χ1) is 19.8. The molecule has 207 valence electrons. The Labute approximate surface area is 254 Å². The fraction of sp³-hybridized carbons (Fsp3) is 0. The van der Waals surface area contributed by atoms with Gasteiger partial charge in [-0.3, -0.25) is 0 Å². The minimum absolute atomic E-state index is 0. The summed E-state index contributed by atoms with van der Waals surface area (Å²) in [5.74, 6) is 2.21. The first-order valence-electron chi connectivity index (χ1n) is 12.9. The van der Waals surface area contributed by atoms with Crippen LogP contribution in [0.1, 0.15) is 0 Å². The van der Waals surface area contributed by atoms with Crippen LogP contribution in [0.5, 0.6) is 0 Å². The maximum atomic E-state index is 4.95. The van der Waals surface area contributed by atoms with Gasteiger partial charge in [-0.2, -0.15) is 0 Å². The molecule has 43 heavy (non-hydrogen) atoms. The second-order valence-corrected chi connectivity index (χ2v) is 9.67. The largest absolute Gasteiger partial charge is 2.00 e. The molecule has 0 fully saturated rings. The molecule has 0 aliphatic carbocycles. The average Bonchev–Trinajstić information content (AvgIpc) is 3.73. The summed E-state index contributed by atoms with van der Waals surface area (Å²) in [6.45, 7) is 0. The molecule has 5 heterocycles. The summed E-state index contributed by atoms with van der Waals surface area (Å²) in [6.07, 6.45) is 0.